The minimum Gasteiger partial charge on any atom is -0.450 e. The summed E-state index contributed by atoms with van der Waals surface area (Å²) in [6.45, 7) is 1.31. The molecule has 7 nitrogen and oxygen atoms in total. The number of aliphatic hydroxyl groups is 2. The van der Waals surface area contributed by atoms with Crippen molar-refractivity contribution in [1.29, 1.82) is 0 Å². The fraction of sp³-hybridized carbons (Fsp3) is 0.462. The van der Waals surface area contributed by atoms with Gasteiger partial charge >= 0.3 is 6.09 Å². The predicted molar refractivity (Wildman–Crippen MR) is 75.5 cm³/mol. The Hall–Kier alpha value is -1.64. The van der Waals surface area contributed by atoms with Gasteiger partial charge in [0.2, 0.25) is 0 Å². The van der Waals surface area contributed by atoms with Crippen molar-refractivity contribution in [3.05, 3.63) is 29.8 Å². The number of carbonyl (C=O) groups excluding carboxylic acids is 1. The van der Waals surface area contributed by atoms with Crippen molar-refractivity contribution < 1.29 is 28.2 Å². The van der Waals surface area contributed by atoms with Gasteiger partial charge in [-0.05, 0) is 24.6 Å². The van der Waals surface area contributed by atoms with E-state index in [1.54, 1.807) is 6.92 Å². The number of hydrogen-bond acceptors (Lipinski definition) is 6. The molecule has 3 N–H and O–H groups in total. The van der Waals surface area contributed by atoms with Crippen LogP contribution in [-0.2, 0) is 14.6 Å². The Labute approximate surface area is 123 Å². The van der Waals surface area contributed by atoms with E-state index in [1.807, 2.05) is 0 Å². The van der Waals surface area contributed by atoms with Crippen molar-refractivity contribution in [2.75, 3.05) is 19.5 Å². The third-order valence-corrected chi connectivity index (χ3v) is 3.93. The number of carbonyl (C=O) groups is 1. The van der Waals surface area contributed by atoms with Crippen LogP contribution in [0.4, 0.5) is 4.79 Å². The molecule has 0 heterocycles. The van der Waals surface area contributed by atoms with Gasteiger partial charge in [0.1, 0.15) is 6.10 Å². The Balaban J connectivity index is 2.85. The van der Waals surface area contributed by atoms with E-state index in [0.717, 1.165) is 6.26 Å². The van der Waals surface area contributed by atoms with Gasteiger partial charge < -0.3 is 20.3 Å². The molecule has 0 saturated carbocycles. The summed E-state index contributed by atoms with van der Waals surface area (Å²) in [5.41, 5.74) is 0.373. The van der Waals surface area contributed by atoms with Crippen LogP contribution in [0.15, 0.2) is 29.2 Å². The van der Waals surface area contributed by atoms with Crippen molar-refractivity contribution in [2.24, 2.45) is 0 Å². The third kappa shape index (κ3) is 5.00. The van der Waals surface area contributed by atoms with Gasteiger partial charge in [0.15, 0.2) is 9.84 Å². The first-order valence-electron chi connectivity index (χ1n) is 6.31. The lowest BCUT2D eigenvalue weighted by molar-refractivity contribution is 0.0794. The van der Waals surface area contributed by atoms with E-state index in [0.29, 0.717) is 5.56 Å². The van der Waals surface area contributed by atoms with Crippen LogP contribution in [0.25, 0.3) is 0 Å². The molecule has 0 aromatic heterocycles. The fourth-order valence-corrected chi connectivity index (χ4v) is 2.32. The summed E-state index contributed by atoms with van der Waals surface area (Å²) in [7, 11) is -3.32. The number of alkyl carbamates (subject to hydrolysis) is 1. The lowest BCUT2D eigenvalue weighted by Gasteiger charge is -2.22. The molecular formula is C13H19NO6S. The molecule has 1 aromatic rings. The molecule has 0 fully saturated rings. The number of ether oxygens (including phenoxy) is 1. The van der Waals surface area contributed by atoms with E-state index in [-0.39, 0.29) is 11.5 Å². The summed E-state index contributed by atoms with van der Waals surface area (Å²) in [6, 6.07) is 4.61. The second-order valence-corrected chi connectivity index (χ2v) is 6.46. The maximum absolute atomic E-state index is 11.3. The van der Waals surface area contributed by atoms with Crippen LogP contribution in [0.2, 0.25) is 0 Å². The first kappa shape index (κ1) is 17.4. The molecule has 1 aromatic carbocycles. The topological polar surface area (TPSA) is 113 Å². The van der Waals surface area contributed by atoms with Gasteiger partial charge in [0.25, 0.3) is 0 Å². The lowest BCUT2D eigenvalue weighted by atomic mass is 10.0. The number of rotatable bonds is 6. The predicted octanol–water partition coefficient (Wildman–Crippen LogP) is 0.231. The highest BCUT2D eigenvalue weighted by Crippen LogP contribution is 2.19. The molecule has 2 atom stereocenters. The molecule has 0 bridgehead atoms. The lowest BCUT2D eigenvalue weighted by Crippen LogP contribution is -2.42. The summed E-state index contributed by atoms with van der Waals surface area (Å²) in [5, 5.41) is 21.7. The van der Waals surface area contributed by atoms with E-state index >= 15 is 0 Å². The average molecular weight is 317 g/mol. The molecule has 0 radical (unpaired) electrons. The summed E-state index contributed by atoms with van der Waals surface area (Å²) < 4.78 is 27.4. The number of nitrogens with one attached hydrogen (secondary N) is 1. The average Bonchev–Trinajstić information content (AvgIpc) is 2.43. The minimum absolute atomic E-state index is 0.123. The second kappa shape index (κ2) is 7.39. The zero-order chi connectivity index (χ0) is 16.0. The summed E-state index contributed by atoms with van der Waals surface area (Å²) >= 11 is 0. The van der Waals surface area contributed by atoms with Crippen molar-refractivity contribution in [3.8, 4) is 0 Å². The van der Waals surface area contributed by atoms with Crippen LogP contribution >= 0.6 is 0 Å². The van der Waals surface area contributed by atoms with Gasteiger partial charge in [0, 0.05) is 6.26 Å². The van der Waals surface area contributed by atoms with E-state index < -0.39 is 34.7 Å². The van der Waals surface area contributed by atoms with Crippen molar-refractivity contribution in [1.82, 2.24) is 5.32 Å². The zero-order valence-electron chi connectivity index (χ0n) is 11.8. The Morgan fingerprint density at radius 1 is 1.33 bits per heavy atom. The Bertz CT molecular complexity index is 569. The number of aliphatic hydroxyl groups excluding tert-OH is 2. The van der Waals surface area contributed by atoms with Crippen LogP contribution in [0, 0.1) is 0 Å². The third-order valence-electron chi connectivity index (χ3n) is 2.81. The maximum atomic E-state index is 11.3. The molecular weight excluding hydrogens is 298 g/mol. The van der Waals surface area contributed by atoms with E-state index in [9.17, 15) is 23.4 Å². The van der Waals surface area contributed by atoms with Gasteiger partial charge in [-0.3, -0.25) is 0 Å². The smallest absolute Gasteiger partial charge is 0.407 e. The minimum atomic E-state index is -3.32. The highest BCUT2D eigenvalue weighted by molar-refractivity contribution is 7.90. The van der Waals surface area contributed by atoms with Crippen molar-refractivity contribution in [3.63, 3.8) is 0 Å². The molecule has 21 heavy (non-hydrogen) atoms. The summed E-state index contributed by atoms with van der Waals surface area (Å²) in [6.07, 6.45) is -0.853. The molecule has 0 saturated heterocycles. The largest absolute Gasteiger partial charge is 0.450 e. The van der Waals surface area contributed by atoms with Crippen molar-refractivity contribution >= 4 is 15.9 Å². The highest BCUT2D eigenvalue weighted by atomic mass is 32.2. The van der Waals surface area contributed by atoms with Gasteiger partial charge in [0.05, 0.1) is 24.2 Å². The highest BCUT2D eigenvalue weighted by Gasteiger charge is 2.23. The van der Waals surface area contributed by atoms with Crippen LogP contribution in [-0.4, -0.2) is 50.2 Å². The molecule has 0 aliphatic heterocycles. The number of sulfone groups is 1. The maximum Gasteiger partial charge on any atom is 0.407 e. The normalized spacial score (nSPS) is 14.3. The molecule has 0 aliphatic carbocycles. The van der Waals surface area contributed by atoms with Gasteiger partial charge in [-0.25, -0.2) is 13.2 Å². The quantitative estimate of drug-likeness (QED) is 0.692. The summed E-state index contributed by atoms with van der Waals surface area (Å²) in [4.78, 5) is 11.4. The molecule has 118 valence electrons. The zero-order valence-corrected chi connectivity index (χ0v) is 12.6. The Morgan fingerprint density at radius 3 is 2.33 bits per heavy atom. The first-order valence-corrected chi connectivity index (χ1v) is 8.21. The molecule has 0 spiro atoms. The SMILES string of the molecule is CCOC(=O)NC(CO)C(O)c1ccc(S(C)(=O)=O)cc1. The van der Waals surface area contributed by atoms with E-state index in [1.165, 1.54) is 24.3 Å². The molecule has 0 aliphatic rings. The fourth-order valence-electron chi connectivity index (χ4n) is 1.69. The monoisotopic (exact) mass is 317 g/mol. The molecule has 1 rings (SSSR count). The molecule has 1 amide bonds. The van der Waals surface area contributed by atoms with Gasteiger partial charge in [-0.1, -0.05) is 12.1 Å². The van der Waals surface area contributed by atoms with Crippen molar-refractivity contribution in [2.45, 2.75) is 24.0 Å². The Morgan fingerprint density at radius 2 is 1.90 bits per heavy atom. The van der Waals surface area contributed by atoms with Crippen LogP contribution in [0.1, 0.15) is 18.6 Å². The van der Waals surface area contributed by atoms with Crippen LogP contribution < -0.4 is 5.32 Å². The molecule has 8 heteroatoms. The standard InChI is InChI=1S/C13H19NO6S/c1-3-20-13(17)14-11(8-15)12(16)9-4-6-10(7-5-9)21(2,18)19/h4-7,11-12,15-16H,3,8H2,1-2H3,(H,14,17). The Kier molecular flexibility index (Phi) is 6.13. The van der Waals surface area contributed by atoms with Gasteiger partial charge in [-0.15, -0.1) is 0 Å². The van der Waals surface area contributed by atoms with Gasteiger partial charge in [-0.2, -0.15) is 0 Å². The number of amides is 1. The van der Waals surface area contributed by atoms with Crippen LogP contribution in [0.5, 0.6) is 0 Å². The molecule has 2 unspecified atom stereocenters. The first-order chi connectivity index (χ1) is 9.79. The number of benzene rings is 1. The van der Waals surface area contributed by atoms with E-state index in [4.69, 9.17) is 0 Å². The second-order valence-electron chi connectivity index (χ2n) is 4.44. The van der Waals surface area contributed by atoms with E-state index in [2.05, 4.69) is 10.1 Å². The number of hydrogen-bond donors (Lipinski definition) is 3. The summed E-state index contributed by atoms with van der Waals surface area (Å²) in [5.74, 6) is 0. The van der Waals surface area contributed by atoms with Crippen LogP contribution in [0.3, 0.4) is 0 Å².